The number of methoxy groups -OCH3 is 1. The van der Waals surface area contributed by atoms with E-state index in [4.69, 9.17) is 4.74 Å². The van der Waals surface area contributed by atoms with E-state index >= 15 is 0 Å². The van der Waals surface area contributed by atoms with Crippen LogP contribution in [0.25, 0.3) is 0 Å². The number of ether oxygens (including phenoxy) is 1. The SMILES string of the molecule is COc1ccc([C@@H](C)NCc2ncccc2C)cc1. The van der Waals surface area contributed by atoms with Crippen LogP contribution in [0.5, 0.6) is 5.75 Å². The van der Waals surface area contributed by atoms with Gasteiger partial charge in [0.2, 0.25) is 0 Å². The number of nitrogens with zero attached hydrogens (tertiary/aromatic N) is 1. The van der Waals surface area contributed by atoms with Gasteiger partial charge in [0.15, 0.2) is 0 Å². The van der Waals surface area contributed by atoms with E-state index in [2.05, 4.69) is 42.3 Å². The van der Waals surface area contributed by atoms with Gasteiger partial charge in [0.25, 0.3) is 0 Å². The Kier molecular flexibility index (Phi) is 4.53. The monoisotopic (exact) mass is 256 g/mol. The molecular formula is C16H20N2O. The van der Waals surface area contributed by atoms with Gasteiger partial charge in [-0.2, -0.15) is 0 Å². The first-order valence-electron chi connectivity index (χ1n) is 6.48. The predicted molar refractivity (Wildman–Crippen MR) is 77.2 cm³/mol. The van der Waals surface area contributed by atoms with Gasteiger partial charge in [-0.3, -0.25) is 4.98 Å². The lowest BCUT2D eigenvalue weighted by molar-refractivity contribution is 0.414. The van der Waals surface area contributed by atoms with Crippen molar-refractivity contribution in [2.75, 3.05) is 7.11 Å². The van der Waals surface area contributed by atoms with Crippen molar-refractivity contribution < 1.29 is 4.74 Å². The number of benzene rings is 1. The minimum atomic E-state index is 0.285. The van der Waals surface area contributed by atoms with E-state index in [0.717, 1.165) is 18.0 Å². The fourth-order valence-corrected chi connectivity index (χ4v) is 1.96. The van der Waals surface area contributed by atoms with Gasteiger partial charge >= 0.3 is 0 Å². The van der Waals surface area contributed by atoms with Crippen LogP contribution in [0.15, 0.2) is 42.6 Å². The Labute approximate surface area is 114 Å². The Hall–Kier alpha value is -1.87. The molecule has 100 valence electrons. The largest absolute Gasteiger partial charge is 0.497 e. The standard InChI is InChI=1S/C16H20N2O/c1-12-5-4-10-17-16(12)11-18-13(2)14-6-8-15(19-3)9-7-14/h4-10,13,18H,11H2,1-3H3/t13-/m1/s1. The van der Waals surface area contributed by atoms with Crippen LogP contribution < -0.4 is 10.1 Å². The molecule has 0 bridgehead atoms. The first-order valence-corrected chi connectivity index (χ1v) is 6.48. The lowest BCUT2D eigenvalue weighted by atomic mass is 10.1. The molecule has 3 heteroatoms. The molecule has 0 saturated heterocycles. The molecule has 1 atom stereocenters. The maximum Gasteiger partial charge on any atom is 0.118 e. The van der Waals surface area contributed by atoms with Crippen molar-refractivity contribution in [1.29, 1.82) is 0 Å². The van der Waals surface area contributed by atoms with E-state index in [1.54, 1.807) is 7.11 Å². The van der Waals surface area contributed by atoms with Crippen LogP contribution in [0.3, 0.4) is 0 Å². The molecule has 2 rings (SSSR count). The summed E-state index contributed by atoms with van der Waals surface area (Å²) in [7, 11) is 1.68. The van der Waals surface area contributed by atoms with Crippen molar-refractivity contribution in [3.05, 3.63) is 59.4 Å². The minimum Gasteiger partial charge on any atom is -0.497 e. The molecular weight excluding hydrogens is 236 g/mol. The van der Waals surface area contributed by atoms with E-state index < -0.39 is 0 Å². The Morgan fingerprint density at radius 3 is 2.58 bits per heavy atom. The van der Waals surface area contributed by atoms with E-state index in [9.17, 15) is 0 Å². The van der Waals surface area contributed by atoms with Gasteiger partial charge in [-0.05, 0) is 43.2 Å². The molecule has 1 heterocycles. The van der Waals surface area contributed by atoms with E-state index in [1.807, 2.05) is 24.4 Å². The van der Waals surface area contributed by atoms with Crippen LogP contribution >= 0.6 is 0 Å². The van der Waals surface area contributed by atoms with Crippen molar-refractivity contribution in [2.45, 2.75) is 26.4 Å². The Morgan fingerprint density at radius 2 is 1.95 bits per heavy atom. The van der Waals surface area contributed by atoms with Crippen molar-refractivity contribution in [3.63, 3.8) is 0 Å². The average Bonchev–Trinajstić information content (AvgIpc) is 2.46. The fraction of sp³-hybridized carbons (Fsp3) is 0.312. The number of aromatic nitrogens is 1. The third-order valence-corrected chi connectivity index (χ3v) is 3.31. The van der Waals surface area contributed by atoms with Crippen LogP contribution in [0.2, 0.25) is 0 Å². The number of hydrogen-bond acceptors (Lipinski definition) is 3. The summed E-state index contributed by atoms with van der Waals surface area (Å²) in [6.45, 7) is 5.02. The summed E-state index contributed by atoms with van der Waals surface area (Å²) in [5, 5.41) is 3.49. The molecule has 0 aliphatic heterocycles. The van der Waals surface area contributed by atoms with Crippen molar-refractivity contribution in [3.8, 4) is 5.75 Å². The highest BCUT2D eigenvalue weighted by molar-refractivity contribution is 5.29. The Balaban J connectivity index is 1.97. The van der Waals surface area contributed by atoms with Gasteiger partial charge in [0, 0.05) is 18.8 Å². The number of hydrogen-bond donors (Lipinski definition) is 1. The third-order valence-electron chi connectivity index (χ3n) is 3.31. The number of pyridine rings is 1. The van der Waals surface area contributed by atoms with Crippen molar-refractivity contribution in [2.24, 2.45) is 0 Å². The smallest absolute Gasteiger partial charge is 0.118 e. The van der Waals surface area contributed by atoms with Crippen molar-refractivity contribution >= 4 is 0 Å². The zero-order valence-corrected chi connectivity index (χ0v) is 11.7. The molecule has 3 nitrogen and oxygen atoms in total. The molecule has 1 N–H and O–H groups in total. The Morgan fingerprint density at radius 1 is 1.21 bits per heavy atom. The molecule has 0 saturated carbocycles. The maximum atomic E-state index is 5.16. The molecule has 0 unspecified atom stereocenters. The highest BCUT2D eigenvalue weighted by Gasteiger charge is 2.06. The van der Waals surface area contributed by atoms with Gasteiger partial charge in [-0.1, -0.05) is 18.2 Å². The zero-order chi connectivity index (χ0) is 13.7. The highest BCUT2D eigenvalue weighted by atomic mass is 16.5. The highest BCUT2D eigenvalue weighted by Crippen LogP contribution is 2.17. The second-order valence-corrected chi connectivity index (χ2v) is 4.64. The summed E-state index contributed by atoms with van der Waals surface area (Å²) in [6, 6.07) is 12.5. The summed E-state index contributed by atoms with van der Waals surface area (Å²) in [4.78, 5) is 4.39. The van der Waals surface area contributed by atoms with E-state index in [1.165, 1.54) is 11.1 Å². The van der Waals surface area contributed by atoms with Gasteiger partial charge in [-0.15, -0.1) is 0 Å². The number of nitrogens with one attached hydrogen (secondary N) is 1. The van der Waals surface area contributed by atoms with E-state index in [0.29, 0.717) is 0 Å². The number of aryl methyl sites for hydroxylation is 1. The van der Waals surface area contributed by atoms with Gasteiger partial charge in [-0.25, -0.2) is 0 Å². The van der Waals surface area contributed by atoms with Crippen LogP contribution in [0.1, 0.15) is 29.8 Å². The van der Waals surface area contributed by atoms with Crippen LogP contribution in [0.4, 0.5) is 0 Å². The van der Waals surface area contributed by atoms with Gasteiger partial charge < -0.3 is 10.1 Å². The second-order valence-electron chi connectivity index (χ2n) is 4.64. The minimum absolute atomic E-state index is 0.285. The number of rotatable bonds is 5. The predicted octanol–water partition coefficient (Wildman–Crippen LogP) is 3.25. The summed E-state index contributed by atoms with van der Waals surface area (Å²) in [5.41, 5.74) is 3.56. The molecule has 1 aromatic heterocycles. The third kappa shape index (κ3) is 3.55. The van der Waals surface area contributed by atoms with Crippen LogP contribution in [-0.2, 0) is 6.54 Å². The lowest BCUT2D eigenvalue weighted by Gasteiger charge is -2.15. The zero-order valence-electron chi connectivity index (χ0n) is 11.7. The summed E-state index contributed by atoms with van der Waals surface area (Å²) >= 11 is 0. The maximum absolute atomic E-state index is 5.16. The normalized spacial score (nSPS) is 12.2. The summed E-state index contributed by atoms with van der Waals surface area (Å²) in [6.07, 6.45) is 1.84. The quantitative estimate of drug-likeness (QED) is 0.891. The fourth-order valence-electron chi connectivity index (χ4n) is 1.96. The van der Waals surface area contributed by atoms with E-state index in [-0.39, 0.29) is 6.04 Å². The second kappa shape index (κ2) is 6.34. The molecule has 0 aliphatic carbocycles. The van der Waals surface area contributed by atoms with Crippen molar-refractivity contribution in [1.82, 2.24) is 10.3 Å². The van der Waals surface area contributed by atoms with Crippen LogP contribution in [-0.4, -0.2) is 12.1 Å². The van der Waals surface area contributed by atoms with Crippen LogP contribution in [0, 0.1) is 6.92 Å². The van der Waals surface area contributed by atoms with Gasteiger partial charge in [0.05, 0.1) is 12.8 Å². The molecule has 0 aliphatic rings. The average molecular weight is 256 g/mol. The summed E-state index contributed by atoms with van der Waals surface area (Å²) < 4.78 is 5.16. The Bertz CT molecular complexity index is 523. The molecule has 19 heavy (non-hydrogen) atoms. The molecule has 0 amide bonds. The lowest BCUT2D eigenvalue weighted by Crippen LogP contribution is -2.19. The molecule has 0 spiro atoms. The first-order chi connectivity index (χ1) is 9.20. The molecule has 0 fully saturated rings. The molecule has 0 radical (unpaired) electrons. The van der Waals surface area contributed by atoms with Gasteiger partial charge in [0.1, 0.15) is 5.75 Å². The first kappa shape index (κ1) is 13.6. The molecule has 1 aromatic carbocycles. The summed E-state index contributed by atoms with van der Waals surface area (Å²) in [5.74, 6) is 0.886. The molecule has 2 aromatic rings. The topological polar surface area (TPSA) is 34.1 Å².